The Morgan fingerprint density at radius 3 is 2.79 bits per heavy atom. The van der Waals surface area contributed by atoms with Gasteiger partial charge in [-0.25, -0.2) is 4.39 Å². The van der Waals surface area contributed by atoms with Gasteiger partial charge < -0.3 is 10.4 Å². The lowest BCUT2D eigenvalue weighted by molar-refractivity contribution is 0.244. The molecule has 78 valence electrons. The van der Waals surface area contributed by atoms with Crippen LogP contribution in [0.3, 0.4) is 0 Å². The Balaban J connectivity index is 2.59. The number of rotatable bonds is 4. The summed E-state index contributed by atoms with van der Waals surface area (Å²) in [5.74, 6) is -0.106. The lowest BCUT2D eigenvalue weighted by Gasteiger charge is -2.11. The first kappa shape index (κ1) is 11.0. The summed E-state index contributed by atoms with van der Waals surface area (Å²) in [6.07, 6.45) is 0. The second-order valence-corrected chi connectivity index (χ2v) is 3.65. The topological polar surface area (TPSA) is 32.3 Å². The quantitative estimate of drug-likeness (QED) is 0.775. The van der Waals surface area contributed by atoms with Gasteiger partial charge in [0.2, 0.25) is 0 Å². The maximum Gasteiger partial charge on any atom is 0.146 e. The van der Waals surface area contributed by atoms with Gasteiger partial charge in [0.15, 0.2) is 0 Å². The van der Waals surface area contributed by atoms with E-state index < -0.39 is 0 Å². The molecule has 0 aromatic heterocycles. The first-order chi connectivity index (χ1) is 6.63. The summed E-state index contributed by atoms with van der Waals surface area (Å²) in [5.41, 5.74) is 1.40. The minimum atomic E-state index is -0.241. The van der Waals surface area contributed by atoms with Crippen LogP contribution >= 0.6 is 0 Å². The van der Waals surface area contributed by atoms with Gasteiger partial charge in [-0.3, -0.25) is 0 Å². The molecule has 0 heterocycles. The molecule has 0 amide bonds. The number of halogens is 1. The van der Waals surface area contributed by atoms with Crippen LogP contribution in [0.15, 0.2) is 18.2 Å². The van der Waals surface area contributed by atoms with E-state index in [0.29, 0.717) is 12.2 Å². The van der Waals surface area contributed by atoms with Gasteiger partial charge in [0, 0.05) is 13.2 Å². The molecule has 0 aliphatic heterocycles. The summed E-state index contributed by atoms with van der Waals surface area (Å²) in [6, 6.07) is 5.07. The predicted molar refractivity (Wildman–Crippen MR) is 55.9 cm³/mol. The smallest absolute Gasteiger partial charge is 0.146 e. The molecule has 1 atom stereocenters. The molecular formula is C11H16FNO. The number of hydrogen-bond donors (Lipinski definition) is 2. The van der Waals surface area contributed by atoms with E-state index in [1.165, 1.54) is 6.07 Å². The van der Waals surface area contributed by atoms with Crippen LogP contribution in [0.2, 0.25) is 0 Å². The van der Waals surface area contributed by atoms with Gasteiger partial charge in [-0.15, -0.1) is 0 Å². The van der Waals surface area contributed by atoms with Crippen molar-refractivity contribution in [2.24, 2.45) is 5.92 Å². The third kappa shape index (κ3) is 3.00. The summed E-state index contributed by atoms with van der Waals surface area (Å²) < 4.78 is 13.3. The fraction of sp³-hybridized carbons (Fsp3) is 0.455. The number of benzene rings is 1. The van der Waals surface area contributed by atoms with E-state index in [-0.39, 0.29) is 18.3 Å². The average molecular weight is 197 g/mol. The monoisotopic (exact) mass is 197 g/mol. The fourth-order valence-electron chi connectivity index (χ4n) is 1.11. The molecule has 0 spiro atoms. The van der Waals surface area contributed by atoms with Gasteiger partial charge >= 0.3 is 0 Å². The zero-order valence-corrected chi connectivity index (χ0v) is 8.55. The minimum absolute atomic E-state index is 0.112. The van der Waals surface area contributed by atoms with Gasteiger partial charge in [0.05, 0.1) is 5.69 Å². The van der Waals surface area contributed by atoms with E-state index in [1.807, 2.05) is 19.9 Å². The van der Waals surface area contributed by atoms with Crippen molar-refractivity contribution < 1.29 is 9.50 Å². The number of nitrogens with one attached hydrogen (secondary N) is 1. The highest BCUT2D eigenvalue weighted by molar-refractivity contribution is 5.46. The van der Waals surface area contributed by atoms with Crippen molar-refractivity contribution in [1.82, 2.24) is 0 Å². The Hall–Kier alpha value is -1.09. The third-order valence-electron chi connectivity index (χ3n) is 2.08. The summed E-state index contributed by atoms with van der Waals surface area (Å²) >= 11 is 0. The molecule has 3 heteroatoms. The minimum Gasteiger partial charge on any atom is -0.396 e. The summed E-state index contributed by atoms with van der Waals surface area (Å²) in [6.45, 7) is 4.44. The van der Waals surface area contributed by atoms with Crippen LogP contribution in [0, 0.1) is 18.7 Å². The van der Waals surface area contributed by atoms with Gasteiger partial charge in [-0.05, 0) is 30.5 Å². The Labute approximate surface area is 83.8 Å². The lowest BCUT2D eigenvalue weighted by atomic mass is 10.2. The molecule has 0 fully saturated rings. The van der Waals surface area contributed by atoms with E-state index >= 15 is 0 Å². The normalized spacial score (nSPS) is 12.6. The number of aliphatic hydroxyl groups is 1. The molecule has 0 saturated carbocycles. The highest BCUT2D eigenvalue weighted by atomic mass is 19.1. The predicted octanol–water partition coefficient (Wildman–Crippen LogP) is 2.17. The molecule has 0 saturated heterocycles. The van der Waals surface area contributed by atoms with E-state index in [1.54, 1.807) is 6.07 Å². The van der Waals surface area contributed by atoms with Crippen molar-refractivity contribution in [3.8, 4) is 0 Å². The molecule has 0 aliphatic carbocycles. The molecule has 0 aliphatic rings. The van der Waals surface area contributed by atoms with Crippen LogP contribution in [0.25, 0.3) is 0 Å². The van der Waals surface area contributed by atoms with E-state index in [2.05, 4.69) is 5.32 Å². The maximum absolute atomic E-state index is 13.3. The van der Waals surface area contributed by atoms with E-state index in [0.717, 1.165) is 5.56 Å². The van der Waals surface area contributed by atoms with Crippen LogP contribution in [0.1, 0.15) is 12.5 Å². The van der Waals surface area contributed by atoms with Crippen LogP contribution < -0.4 is 5.32 Å². The first-order valence-electron chi connectivity index (χ1n) is 4.74. The highest BCUT2D eigenvalue weighted by Crippen LogP contribution is 2.15. The summed E-state index contributed by atoms with van der Waals surface area (Å²) in [5, 5.41) is 11.7. The second kappa shape index (κ2) is 4.96. The summed E-state index contributed by atoms with van der Waals surface area (Å²) in [7, 11) is 0. The first-order valence-corrected chi connectivity index (χ1v) is 4.74. The maximum atomic E-state index is 13.3. The molecule has 0 bridgehead atoms. The molecule has 1 unspecified atom stereocenters. The highest BCUT2D eigenvalue weighted by Gasteiger charge is 2.03. The Kier molecular flexibility index (Phi) is 3.89. The van der Waals surface area contributed by atoms with Gasteiger partial charge in [-0.1, -0.05) is 13.0 Å². The molecule has 1 aromatic carbocycles. The Bertz CT molecular complexity index is 301. The van der Waals surface area contributed by atoms with Gasteiger partial charge in [0.1, 0.15) is 5.82 Å². The molecule has 2 nitrogen and oxygen atoms in total. The Morgan fingerprint density at radius 2 is 2.21 bits per heavy atom. The van der Waals surface area contributed by atoms with E-state index in [4.69, 9.17) is 5.11 Å². The van der Waals surface area contributed by atoms with Crippen molar-refractivity contribution in [3.05, 3.63) is 29.6 Å². The fourth-order valence-corrected chi connectivity index (χ4v) is 1.11. The molecule has 1 aromatic rings. The third-order valence-corrected chi connectivity index (χ3v) is 2.08. The van der Waals surface area contributed by atoms with Crippen molar-refractivity contribution in [3.63, 3.8) is 0 Å². The standard InChI is InChI=1S/C11H16FNO/c1-8-3-4-11(10(12)5-8)13-6-9(2)7-14/h3-5,9,13-14H,6-7H2,1-2H3. The molecular weight excluding hydrogens is 181 g/mol. The Morgan fingerprint density at radius 1 is 1.50 bits per heavy atom. The number of hydrogen-bond acceptors (Lipinski definition) is 2. The van der Waals surface area contributed by atoms with Crippen molar-refractivity contribution >= 4 is 5.69 Å². The van der Waals surface area contributed by atoms with Crippen LogP contribution in [0.5, 0.6) is 0 Å². The number of aliphatic hydroxyl groups excluding tert-OH is 1. The van der Waals surface area contributed by atoms with Crippen molar-refractivity contribution in [2.75, 3.05) is 18.5 Å². The molecule has 14 heavy (non-hydrogen) atoms. The largest absolute Gasteiger partial charge is 0.396 e. The average Bonchev–Trinajstić information content (AvgIpc) is 2.16. The molecule has 1 rings (SSSR count). The molecule has 2 N–H and O–H groups in total. The zero-order valence-electron chi connectivity index (χ0n) is 8.55. The van der Waals surface area contributed by atoms with Crippen molar-refractivity contribution in [1.29, 1.82) is 0 Å². The van der Waals surface area contributed by atoms with Crippen molar-refractivity contribution in [2.45, 2.75) is 13.8 Å². The number of aryl methyl sites for hydroxylation is 1. The zero-order chi connectivity index (χ0) is 10.6. The summed E-state index contributed by atoms with van der Waals surface area (Å²) in [4.78, 5) is 0. The SMILES string of the molecule is Cc1ccc(NCC(C)CO)c(F)c1. The lowest BCUT2D eigenvalue weighted by Crippen LogP contribution is -2.15. The van der Waals surface area contributed by atoms with Crippen LogP contribution in [-0.4, -0.2) is 18.3 Å². The molecule has 0 radical (unpaired) electrons. The van der Waals surface area contributed by atoms with Gasteiger partial charge in [0.25, 0.3) is 0 Å². The van der Waals surface area contributed by atoms with Crippen LogP contribution in [0.4, 0.5) is 10.1 Å². The van der Waals surface area contributed by atoms with Gasteiger partial charge in [-0.2, -0.15) is 0 Å². The van der Waals surface area contributed by atoms with Crippen LogP contribution in [-0.2, 0) is 0 Å². The number of anilines is 1. The second-order valence-electron chi connectivity index (χ2n) is 3.65. The van der Waals surface area contributed by atoms with E-state index in [9.17, 15) is 4.39 Å².